The fraction of sp³-hybridized carbons (Fsp3) is 0.0435. The van der Waals surface area contributed by atoms with E-state index in [0.29, 0.717) is 22.6 Å². The van der Waals surface area contributed by atoms with E-state index in [1.165, 1.54) is 0 Å². The summed E-state index contributed by atoms with van der Waals surface area (Å²) in [7, 11) is 0. The molecule has 0 unspecified atom stereocenters. The summed E-state index contributed by atoms with van der Waals surface area (Å²) in [6.45, 7) is 1.82. The maximum Gasteiger partial charge on any atom is 0.273 e. The van der Waals surface area contributed by atoms with Crippen molar-refractivity contribution in [2.24, 2.45) is 0 Å². The number of H-pyrrole nitrogens is 1. The predicted molar refractivity (Wildman–Crippen MR) is 110 cm³/mol. The van der Waals surface area contributed by atoms with Crippen molar-refractivity contribution >= 4 is 11.6 Å². The second-order valence-corrected chi connectivity index (χ2v) is 6.54. The summed E-state index contributed by atoms with van der Waals surface area (Å²) in [6, 6.07) is 24.8. The first kappa shape index (κ1) is 17.5. The minimum atomic E-state index is -0.293. The molecule has 1 heterocycles. The number of benzene rings is 3. The van der Waals surface area contributed by atoms with Crippen LogP contribution in [0.15, 0.2) is 78.9 Å². The van der Waals surface area contributed by atoms with Gasteiger partial charge in [0.2, 0.25) is 0 Å². The Morgan fingerprint density at radius 2 is 1.64 bits per heavy atom. The molecule has 28 heavy (non-hydrogen) atoms. The van der Waals surface area contributed by atoms with Crippen LogP contribution in [0.3, 0.4) is 0 Å². The van der Waals surface area contributed by atoms with Crippen LogP contribution in [-0.4, -0.2) is 21.2 Å². The Balaban J connectivity index is 1.50. The average molecular weight is 369 g/mol. The number of para-hydroxylation sites is 1. The molecule has 0 aliphatic carbocycles. The van der Waals surface area contributed by atoms with Gasteiger partial charge in [0.1, 0.15) is 11.4 Å². The van der Waals surface area contributed by atoms with Gasteiger partial charge in [0.25, 0.3) is 5.91 Å². The maximum absolute atomic E-state index is 12.5. The number of carbonyl (C=O) groups is 1. The largest absolute Gasteiger partial charge is 0.507 e. The number of anilines is 1. The van der Waals surface area contributed by atoms with Crippen molar-refractivity contribution in [2.75, 3.05) is 5.32 Å². The summed E-state index contributed by atoms with van der Waals surface area (Å²) in [5.74, 6) is -0.129. The van der Waals surface area contributed by atoms with Crippen molar-refractivity contribution in [1.29, 1.82) is 0 Å². The van der Waals surface area contributed by atoms with Crippen LogP contribution in [0.4, 0.5) is 5.69 Å². The summed E-state index contributed by atoms with van der Waals surface area (Å²) >= 11 is 0. The lowest BCUT2D eigenvalue weighted by atomic mass is 10.1. The summed E-state index contributed by atoms with van der Waals surface area (Å²) in [4.78, 5) is 12.5. The minimum absolute atomic E-state index is 0.164. The minimum Gasteiger partial charge on any atom is -0.507 e. The Labute approximate surface area is 162 Å². The van der Waals surface area contributed by atoms with Crippen LogP contribution < -0.4 is 5.32 Å². The third-order valence-corrected chi connectivity index (χ3v) is 4.59. The SMILES string of the molecule is Cc1cccc(-c2cc(C(=O)Nc3ccc(-c4ccccc4)cc3)[nH]n2)c1O. The van der Waals surface area contributed by atoms with Crippen LogP contribution in [0, 0.1) is 6.92 Å². The molecule has 0 spiro atoms. The van der Waals surface area contributed by atoms with Crippen LogP contribution in [0.25, 0.3) is 22.4 Å². The van der Waals surface area contributed by atoms with E-state index >= 15 is 0 Å². The van der Waals surface area contributed by atoms with E-state index in [4.69, 9.17) is 0 Å². The molecule has 0 aliphatic heterocycles. The third-order valence-electron chi connectivity index (χ3n) is 4.59. The molecule has 5 heteroatoms. The number of carbonyl (C=O) groups excluding carboxylic acids is 1. The lowest BCUT2D eigenvalue weighted by Crippen LogP contribution is -2.12. The molecule has 4 aromatic rings. The lowest BCUT2D eigenvalue weighted by Gasteiger charge is -2.06. The fourth-order valence-corrected chi connectivity index (χ4v) is 3.02. The quantitative estimate of drug-likeness (QED) is 0.473. The van der Waals surface area contributed by atoms with E-state index in [9.17, 15) is 9.90 Å². The van der Waals surface area contributed by atoms with Gasteiger partial charge >= 0.3 is 0 Å². The first-order chi connectivity index (χ1) is 13.6. The number of hydrogen-bond acceptors (Lipinski definition) is 3. The van der Waals surface area contributed by atoms with Crippen molar-refractivity contribution in [2.45, 2.75) is 6.92 Å². The molecule has 0 saturated carbocycles. The highest BCUT2D eigenvalue weighted by atomic mass is 16.3. The van der Waals surface area contributed by atoms with Crippen LogP contribution in [0.2, 0.25) is 0 Å². The van der Waals surface area contributed by atoms with Gasteiger partial charge in [-0.1, -0.05) is 54.6 Å². The van der Waals surface area contributed by atoms with Gasteiger partial charge in [-0.3, -0.25) is 9.89 Å². The Kier molecular flexibility index (Phi) is 4.64. The lowest BCUT2D eigenvalue weighted by molar-refractivity contribution is 0.102. The molecule has 138 valence electrons. The molecule has 1 aromatic heterocycles. The van der Waals surface area contributed by atoms with Gasteiger partial charge in [-0.15, -0.1) is 0 Å². The number of nitrogens with one attached hydrogen (secondary N) is 2. The van der Waals surface area contributed by atoms with Crippen molar-refractivity contribution in [1.82, 2.24) is 10.2 Å². The molecule has 0 bridgehead atoms. The third kappa shape index (κ3) is 3.50. The molecule has 0 atom stereocenters. The van der Waals surface area contributed by atoms with Gasteiger partial charge in [0.15, 0.2) is 0 Å². The van der Waals surface area contributed by atoms with Gasteiger partial charge in [0, 0.05) is 11.3 Å². The van der Waals surface area contributed by atoms with Crippen molar-refractivity contribution < 1.29 is 9.90 Å². The van der Waals surface area contributed by atoms with E-state index in [2.05, 4.69) is 15.5 Å². The van der Waals surface area contributed by atoms with Crippen LogP contribution in [-0.2, 0) is 0 Å². The summed E-state index contributed by atoms with van der Waals surface area (Å²) in [6.07, 6.45) is 0. The van der Waals surface area contributed by atoms with Crippen LogP contribution in [0.5, 0.6) is 5.75 Å². The number of rotatable bonds is 4. The first-order valence-corrected chi connectivity index (χ1v) is 8.93. The summed E-state index contributed by atoms with van der Waals surface area (Å²) in [5, 5.41) is 19.9. The first-order valence-electron chi connectivity index (χ1n) is 8.93. The highest BCUT2D eigenvalue weighted by Gasteiger charge is 2.14. The summed E-state index contributed by atoms with van der Waals surface area (Å²) < 4.78 is 0. The van der Waals surface area contributed by atoms with E-state index in [1.807, 2.05) is 73.7 Å². The molecule has 3 N–H and O–H groups in total. The van der Waals surface area contributed by atoms with E-state index in [-0.39, 0.29) is 11.7 Å². The number of amides is 1. The molecule has 3 aromatic carbocycles. The van der Waals surface area contributed by atoms with E-state index in [1.54, 1.807) is 12.1 Å². The molecule has 5 nitrogen and oxygen atoms in total. The van der Waals surface area contributed by atoms with Crippen LogP contribution >= 0.6 is 0 Å². The van der Waals surface area contributed by atoms with Gasteiger partial charge in [-0.25, -0.2) is 0 Å². The summed E-state index contributed by atoms with van der Waals surface area (Å²) in [5.41, 5.74) is 5.08. The van der Waals surface area contributed by atoms with E-state index in [0.717, 1.165) is 16.7 Å². The number of aromatic amines is 1. The monoisotopic (exact) mass is 369 g/mol. The Morgan fingerprint density at radius 3 is 2.39 bits per heavy atom. The van der Waals surface area contributed by atoms with Crippen molar-refractivity contribution in [3.63, 3.8) is 0 Å². The average Bonchev–Trinajstić information content (AvgIpc) is 3.21. The molecule has 1 amide bonds. The molecule has 0 radical (unpaired) electrons. The van der Waals surface area contributed by atoms with Crippen molar-refractivity contribution in [3.8, 4) is 28.1 Å². The molecule has 0 saturated heterocycles. The number of aryl methyl sites for hydroxylation is 1. The van der Waals surface area contributed by atoms with Crippen LogP contribution in [0.1, 0.15) is 16.1 Å². The number of phenols is 1. The predicted octanol–water partition coefficient (Wildman–Crippen LogP) is 5.01. The zero-order valence-corrected chi connectivity index (χ0v) is 15.3. The Morgan fingerprint density at radius 1 is 0.929 bits per heavy atom. The smallest absolute Gasteiger partial charge is 0.273 e. The normalized spacial score (nSPS) is 10.6. The molecular formula is C23H19N3O2. The number of aromatic nitrogens is 2. The molecular weight excluding hydrogens is 350 g/mol. The van der Waals surface area contributed by atoms with Crippen molar-refractivity contribution in [3.05, 3.63) is 90.1 Å². The topological polar surface area (TPSA) is 78.0 Å². The highest BCUT2D eigenvalue weighted by Crippen LogP contribution is 2.30. The number of hydrogen-bond donors (Lipinski definition) is 3. The van der Waals surface area contributed by atoms with Gasteiger partial charge in [-0.2, -0.15) is 5.10 Å². The molecule has 0 fully saturated rings. The zero-order chi connectivity index (χ0) is 19.5. The Bertz CT molecular complexity index is 1120. The molecule has 4 rings (SSSR count). The van der Waals surface area contributed by atoms with Gasteiger partial charge in [-0.05, 0) is 47.9 Å². The molecule has 0 aliphatic rings. The van der Waals surface area contributed by atoms with E-state index < -0.39 is 0 Å². The maximum atomic E-state index is 12.5. The second kappa shape index (κ2) is 7.40. The highest BCUT2D eigenvalue weighted by molar-refractivity contribution is 6.03. The fourth-order valence-electron chi connectivity index (χ4n) is 3.02. The number of nitrogens with zero attached hydrogens (tertiary/aromatic N) is 1. The number of phenolic OH excluding ortho intramolecular Hbond substituents is 1. The second-order valence-electron chi connectivity index (χ2n) is 6.54. The zero-order valence-electron chi connectivity index (χ0n) is 15.3. The number of aromatic hydroxyl groups is 1. The Hall–Kier alpha value is -3.86. The standard InChI is InChI=1S/C23H19N3O2/c1-15-6-5-9-19(22(15)27)20-14-21(26-25-20)23(28)24-18-12-10-17(11-13-18)16-7-3-2-4-8-16/h2-14,27H,1H3,(H,24,28)(H,25,26). The van der Waals surface area contributed by atoms with Gasteiger partial charge < -0.3 is 10.4 Å². The van der Waals surface area contributed by atoms with Gasteiger partial charge in [0.05, 0.1) is 5.69 Å².